The molecular formula is C13H8Cl2F2O. The quantitative estimate of drug-likeness (QED) is 0.784. The molecule has 2 aromatic carbocycles. The van der Waals surface area contributed by atoms with Crippen molar-refractivity contribution in [1.29, 1.82) is 0 Å². The molecular weight excluding hydrogens is 281 g/mol. The summed E-state index contributed by atoms with van der Waals surface area (Å²) in [7, 11) is 0. The van der Waals surface area contributed by atoms with E-state index in [1.165, 1.54) is 24.3 Å². The highest BCUT2D eigenvalue weighted by Crippen LogP contribution is 2.24. The summed E-state index contributed by atoms with van der Waals surface area (Å²) in [4.78, 5) is 0. The van der Waals surface area contributed by atoms with E-state index in [9.17, 15) is 8.78 Å². The summed E-state index contributed by atoms with van der Waals surface area (Å²) < 4.78 is 31.9. The topological polar surface area (TPSA) is 9.23 Å². The van der Waals surface area contributed by atoms with Crippen LogP contribution in [0.3, 0.4) is 0 Å². The van der Waals surface area contributed by atoms with Crippen LogP contribution in [0.2, 0.25) is 10.0 Å². The Morgan fingerprint density at radius 2 is 1.72 bits per heavy atom. The van der Waals surface area contributed by atoms with Crippen LogP contribution in [-0.2, 0) is 6.61 Å². The van der Waals surface area contributed by atoms with Crippen LogP contribution in [0.4, 0.5) is 8.78 Å². The molecule has 5 heteroatoms. The van der Waals surface area contributed by atoms with E-state index in [1.54, 1.807) is 6.07 Å². The highest BCUT2D eigenvalue weighted by Gasteiger charge is 2.08. The Hall–Kier alpha value is -1.32. The van der Waals surface area contributed by atoms with Crippen LogP contribution in [-0.4, -0.2) is 0 Å². The van der Waals surface area contributed by atoms with Crippen molar-refractivity contribution in [3.63, 3.8) is 0 Å². The van der Waals surface area contributed by atoms with Crippen molar-refractivity contribution in [3.8, 4) is 5.75 Å². The standard InChI is InChI=1S/C13H8Cl2F2O/c14-10-2-1-3-12(16)9(10)7-18-8-4-5-11(15)13(17)6-8/h1-6H,7H2. The zero-order valence-corrected chi connectivity index (χ0v) is 10.6. The van der Waals surface area contributed by atoms with Gasteiger partial charge in [0.1, 0.15) is 24.0 Å². The van der Waals surface area contributed by atoms with Gasteiger partial charge in [-0.05, 0) is 24.3 Å². The molecule has 0 unspecified atom stereocenters. The third kappa shape index (κ3) is 2.92. The molecule has 0 saturated heterocycles. The van der Waals surface area contributed by atoms with Crippen LogP contribution in [0.5, 0.6) is 5.75 Å². The minimum absolute atomic E-state index is 0.00581. The van der Waals surface area contributed by atoms with Crippen LogP contribution in [0.1, 0.15) is 5.56 Å². The Morgan fingerprint density at radius 3 is 2.39 bits per heavy atom. The molecule has 2 aromatic rings. The van der Waals surface area contributed by atoms with Gasteiger partial charge in [-0.1, -0.05) is 29.3 Å². The first-order valence-corrected chi connectivity index (χ1v) is 5.84. The number of hydrogen-bond donors (Lipinski definition) is 0. The molecule has 0 heterocycles. The van der Waals surface area contributed by atoms with Gasteiger partial charge in [-0.25, -0.2) is 8.78 Å². The predicted molar refractivity (Wildman–Crippen MR) is 67.2 cm³/mol. The van der Waals surface area contributed by atoms with E-state index in [0.29, 0.717) is 0 Å². The molecule has 0 fully saturated rings. The molecule has 0 aliphatic carbocycles. The van der Waals surface area contributed by atoms with Gasteiger partial charge in [0.15, 0.2) is 0 Å². The molecule has 0 aromatic heterocycles. The molecule has 0 aliphatic rings. The van der Waals surface area contributed by atoms with Crippen LogP contribution in [0.15, 0.2) is 36.4 Å². The minimum Gasteiger partial charge on any atom is -0.489 e. The van der Waals surface area contributed by atoms with E-state index in [1.807, 2.05) is 0 Å². The first-order chi connectivity index (χ1) is 8.58. The lowest BCUT2D eigenvalue weighted by molar-refractivity contribution is 0.298. The summed E-state index contributed by atoms with van der Waals surface area (Å²) in [5.41, 5.74) is 0.231. The summed E-state index contributed by atoms with van der Waals surface area (Å²) in [5.74, 6) is -0.790. The van der Waals surface area contributed by atoms with Gasteiger partial charge in [0, 0.05) is 11.6 Å². The fourth-order valence-corrected chi connectivity index (χ4v) is 1.73. The van der Waals surface area contributed by atoms with Crippen molar-refractivity contribution in [2.24, 2.45) is 0 Å². The monoisotopic (exact) mass is 288 g/mol. The number of rotatable bonds is 3. The van der Waals surface area contributed by atoms with Crippen molar-refractivity contribution in [3.05, 3.63) is 63.6 Å². The molecule has 0 atom stereocenters. The number of benzene rings is 2. The van der Waals surface area contributed by atoms with Crippen molar-refractivity contribution in [1.82, 2.24) is 0 Å². The van der Waals surface area contributed by atoms with Crippen molar-refractivity contribution in [2.75, 3.05) is 0 Å². The van der Waals surface area contributed by atoms with E-state index >= 15 is 0 Å². The van der Waals surface area contributed by atoms with Crippen LogP contribution < -0.4 is 4.74 Å². The zero-order valence-electron chi connectivity index (χ0n) is 9.09. The van der Waals surface area contributed by atoms with Gasteiger partial charge in [-0.3, -0.25) is 0 Å². The fraction of sp³-hybridized carbons (Fsp3) is 0.0769. The maximum absolute atomic E-state index is 13.4. The van der Waals surface area contributed by atoms with E-state index in [0.717, 1.165) is 6.07 Å². The fourth-order valence-electron chi connectivity index (χ4n) is 1.39. The van der Waals surface area contributed by atoms with Gasteiger partial charge in [-0.15, -0.1) is 0 Å². The summed E-state index contributed by atoms with van der Waals surface area (Å²) in [6.07, 6.45) is 0. The Bertz CT molecular complexity index is 553. The van der Waals surface area contributed by atoms with Crippen molar-refractivity contribution in [2.45, 2.75) is 6.61 Å². The van der Waals surface area contributed by atoms with E-state index < -0.39 is 11.6 Å². The first kappa shape index (κ1) is 13.1. The predicted octanol–water partition coefficient (Wildman–Crippen LogP) is 4.85. The molecule has 18 heavy (non-hydrogen) atoms. The first-order valence-electron chi connectivity index (χ1n) is 5.08. The Morgan fingerprint density at radius 1 is 0.944 bits per heavy atom. The SMILES string of the molecule is Fc1cc(OCc2c(F)cccc2Cl)ccc1Cl. The summed E-state index contributed by atoms with van der Waals surface area (Å²) in [6, 6.07) is 8.36. The van der Waals surface area contributed by atoms with Crippen LogP contribution in [0, 0.1) is 11.6 Å². The molecule has 0 spiro atoms. The average Bonchev–Trinajstić information content (AvgIpc) is 2.33. The van der Waals surface area contributed by atoms with Crippen LogP contribution in [0.25, 0.3) is 0 Å². The highest BCUT2D eigenvalue weighted by molar-refractivity contribution is 6.31. The minimum atomic E-state index is -0.589. The number of ether oxygens (including phenoxy) is 1. The van der Waals surface area contributed by atoms with E-state index in [-0.39, 0.29) is 28.0 Å². The molecule has 0 N–H and O–H groups in total. The number of hydrogen-bond acceptors (Lipinski definition) is 1. The second-order valence-electron chi connectivity index (χ2n) is 3.56. The summed E-state index contributed by atoms with van der Waals surface area (Å²) in [6.45, 7) is -0.0768. The Kier molecular flexibility index (Phi) is 4.04. The van der Waals surface area contributed by atoms with Gasteiger partial charge in [0.25, 0.3) is 0 Å². The smallest absolute Gasteiger partial charge is 0.145 e. The van der Waals surface area contributed by atoms with Gasteiger partial charge < -0.3 is 4.74 Å². The lowest BCUT2D eigenvalue weighted by atomic mass is 10.2. The van der Waals surface area contributed by atoms with Crippen LogP contribution >= 0.6 is 23.2 Å². The highest BCUT2D eigenvalue weighted by atomic mass is 35.5. The normalized spacial score (nSPS) is 10.4. The maximum Gasteiger partial charge on any atom is 0.145 e. The van der Waals surface area contributed by atoms with Gasteiger partial charge in [0.05, 0.1) is 10.0 Å². The molecule has 0 bridgehead atoms. The molecule has 0 amide bonds. The molecule has 0 radical (unpaired) electrons. The third-order valence-electron chi connectivity index (χ3n) is 2.34. The van der Waals surface area contributed by atoms with E-state index in [2.05, 4.69) is 0 Å². The Labute approximate surface area is 113 Å². The molecule has 2 rings (SSSR count). The lowest BCUT2D eigenvalue weighted by Gasteiger charge is -2.09. The Balaban J connectivity index is 2.14. The molecule has 94 valence electrons. The van der Waals surface area contributed by atoms with Crippen molar-refractivity contribution < 1.29 is 13.5 Å². The average molecular weight is 289 g/mol. The van der Waals surface area contributed by atoms with E-state index in [4.69, 9.17) is 27.9 Å². The maximum atomic E-state index is 13.4. The summed E-state index contributed by atoms with van der Waals surface area (Å²) in [5, 5.41) is 0.274. The second-order valence-corrected chi connectivity index (χ2v) is 4.38. The lowest BCUT2D eigenvalue weighted by Crippen LogP contribution is -1.99. The van der Waals surface area contributed by atoms with Gasteiger partial charge in [-0.2, -0.15) is 0 Å². The molecule has 1 nitrogen and oxygen atoms in total. The zero-order chi connectivity index (χ0) is 13.1. The molecule has 0 saturated carbocycles. The van der Waals surface area contributed by atoms with Gasteiger partial charge in [0.2, 0.25) is 0 Å². The largest absolute Gasteiger partial charge is 0.489 e. The summed E-state index contributed by atoms with van der Waals surface area (Å²) >= 11 is 11.4. The third-order valence-corrected chi connectivity index (χ3v) is 3.00. The van der Waals surface area contributed by atoms with Gasteiger partial charge >= 0.3 is 0 Å². The second kappa shape index (κ2) is 5.55. The van der Waals surface area contributed by atoms with Crippen molar-refractivity contribution >= 4 is 23.2 Å². The molecule has 0 aliphatic heterocycles. The number of halogens is 4.